The summed E-state index contributed by atoms with van der Waals surface area (Å²) in [6, 6.07) is 1.54. The van der Waals surface area contributed by atoms with Crippen molar-refractivity contribution in [2.75, 3.05) is 33.7 Å². The first kappa shape index (κ1) is 12.3. The van der Waals surface area contributed by atoms with Crippen LogP contribution >= 0.6 is 0 Å². The van der Waals surface area contributed by atoms with E-state index >= 15 is 0 Å². The van der Waals surface area contributed by atoms with E-state index < -0.39 is 0 Å². The third kappa shape index (κ3) is 2.76. The zero-order valence-electron chi connectivity index (χ0n) is 11.3. The molecule has 1 saturated heterocycles. The standard InChI is InChI=1S/C13H27N3/c1-13(2)7-8-14-9-12(10-15(3)4)16(13)11-5-6-11/h11-12,14H,5-10H2,1-4H3. The molecule has 0 aromatic carbocycles. The summed E-state index contributed by atoms with van der Waals surface area (Å²) in [6.45, 7) is 8.33. The van der Waals surface area contributed by atoms with Crippen LogP contribution in [0.25, 0.3) is 0 Å². The molecule has 0 amide bonds. The topological polar surface area (TPSA) is 18.5 Å². The minimum atomic E-state index is 0.366. The predicted octanol–water partition coefficient (Wildman–Crippen LogP) is 1.15. The van der Waals surface area contributed by atoms with Crippen molar-refractivity contribution in [3.05, 3.63) is 0 Å². The van der Waals surface area contributed by atoms with Crippen LogP contribution in [0.3, 0.4) is 0 Å². The van der Waals surface area contributed by atoms with Gasteiger partial charge in [-0.25, -0.2) is 0 Å². The second-order valence-corrected chi connectivity index (χ2v) is 6.32. The molecule has 3 nitrogen and oxygen atoms in total. The molecule has 1 unspecified atom stereocenters. The first-order chi connectivity index (χ1) is 7.50. The molecular weight excluding hydrogens is 198 g/mol. The van der Waals surface area contributed by atoms with E-state index in [4.69, 9.17) is 0 Å². The van der Waals surface area contributed by atoms with Crippen molar-refractivity contribution in [1.82, 2.24) is 15.1 Å². The Balaban J connectivity index is 2.11. The van der Waals surface area contributed by atoms with Crippen LogP contribution in [0.5, 0.6) is 0 Å². The fourth-order valence-electron chi connectivity index (χ4n) is 3.10. The molecule has 1 aliphatic heterocycles. The average molecular weight is 225 g/mol. The summed E-state index contributed by atoms with van der Waals surface area (Å²) in [7, 11) is 4.37. The highest BCUT2D eigenvalue weighted by Crippen LogP contribution is 2.37. The highest BCUT2D eigenvalue weighted by atomic mass is 15.3. The van der Waals surface area contributed by atoms with Gasteiger partial charge in [0.25, 0.3) is 0 Å². The van der Waals surface area contributed by atoms with Gasteiger partial charge in [-0.3, -0.25) is 4.90 Å². The van der Waals surface area contributed by atoms with Gasteiger partial charge < -0.3 is 10.2 Å². The van der Waals surface area contributed by atoms with E-state index in [-0.39, 0.29) is 0 Å². The van der Waals surface area contributed by atoms with Gasteiger partial charge in [-0.1, -0.05) is 0 Å². The first-order valence-corrected chi connectivity index (χ1v) is 6.64. The van der Waals surface area contributed by atoms with Gasteiger partial charge in [0.15, 0.2) is 0 Å². The Bertz CT molecular complexity index is 233. The summed E-state index contributed by atoms with van der Waals surface area (Å²) in [6.07, 6.45) is 4.09. The van der Waals surface area contributed by atoms with E-state index in [1.807, 2.05) is 0 Å². The molecule has 1 aliphatic carbocycles. The molecular formula is C13H27N3. The Hall–Kier alpha value is -0.120. The molecule has 0 aromatic heterocycles. The van der Waals surface area contributed by atoms with Gasteiger partial charge in [0.05, 0.1) is 0 Å². The van der Waals surface area contributed by atoms with Gasteiger partial charge in [-0.15, -0.1) is 0 Å². The van der Waals surface area contributed by atoms with Crippen LogP contribution in [0.1, 0.15) is 33.1 Å². The van der Waals surface area contributed by atoms with Crippen molar-refractivity contribution in [3.63, 3.8) is 0 Å². The van der Waals surface area contributed by atoms with Crippen molar-refractivity contribution < 1.29 is 0 Å². The van der Waals surface area contributed by atoms with Crippen molar-refractivity contribution in [2.45, 2.75) is 50.7 Å². The van der Waals surface area contributed by atoms with Gasteiger partial charge in [0, 0.05) is 30.7 Å². The highest BCUT2D eigenvalue weighted by Gasteiger charge is 2.43. The predicted molar refractivity (Wildman–Crippen MR) is 68.8 cm³/mol. The smallest absolute Gasteiger partial charge is 0.0355 e. The first-order valence-electron chi connectivity index (χ1n) is 6.64. The van der Waals surface area contributed by atoms with E-state index in [2.05, 4.69) is 43.1 Å². The fraction of sp³-hybridized carbons (Fsp3) is 1.00. The average Bonchev–Trinajstić information content (AvgIpc) is 2.93. The second kappa shape index (κ2) is 4.63. The maximum Gasteiger partial charge on any atom is 0.0355 e. The molecule has 1 N–H and O–H groups in total. The third-order valence-corrected chi connectivity index (χ3v) is 3.90. The lowest BCUT2D eigenvalue weighted by Crippen LogP contribution is -2.55. The number of hydrogen-bond acceptors (Lipinski definition) is 3. The zero-order valence-corrected chi connectivity index (χ0v) is 11.3. The Morgan fingerprint density at radius 1 is 1.31 bits per heavy atom. The molecule has 0 aromatic rings. The van der Waals surface area contributed by atoms with E-state index in [0.29, 0.717) is 11.6 Å². The SMILES string of the molecule is CN(C)CC1CNCCC(C)(C)N1C1CC1. The van der Waals surface area contributed by atoms with Crippen molar-refractivity contribution in [2.24, 2.45) is 0 Å². The van der Waals surface area contributed by atoms with Gasteiger partial charge in [0.2, 0.25) is 0 Å². The summed E-state index contributed by atoms with van der Waals surface area (Å²) in [4.78, 5) is 5.12. The Labute approximate surface area is 100 Å². The minimum absolute atomic E-state index is 0.366. The summed E-state index contributed by atoms with van der Waals surface area (Å²) in [5.74, 6) is 0. The number of nitrogens with zero attached hydrogens (tertiary/aromatic N) is 2. The van der Waals surface area contributed by atoms with Crippen LogP contribution in [-0.4, -0.2) is 61.2 Å². The highest BCUT2D eigenvalue weighted by molar-refractivity contribution is 5.00. The van der Waals surface area contributed by atoms with E-state index in [1.165, 1.54) is 32.4 Å². The third-order valence-electron chi connectivity index (χ3n) is 3.90. The molecule has 3 heteroatoms. The number of hydrogen-bond donors (Lipinski definition) is 1. The minimum Gasteiger partial charge on any atom is -0.315 e. The quantitative estimate of drug-likeness (QED) is 0.777. The van der Waals surface area contributed by atoms with E-state index in [9.17, 15) is 0 Å². The molecule has 94 valence electrons. The van der Waals surface area contributed by atoms with Crippen LogP contribution in [-0.2, 0) is 0 Å². The maximum atomic E-state index is 3.60. The number of likely N-dealkylation sites (N-methyl/N-ethyl adjacent to an activating group) is 1. The van der Waals surface area contributed by atoms with E-state index in [0.717, 1.165) is 12.6 Å². The largest absolute Gasteiger partial charge is 0.315 e. The summed E-state index contributed by atoms with van der Waals surface area (Å²) >= 11 is 0. The number of nitrogens with one attached hydrogen (secondary N) is 1. The molecule has 2 rings (SSSR count). The zero-order chi connectivity index (χ0) is 11.8. The number of rotatable bonds is 3. The van der Waals surface area contributed by atoms with Gasteiger partial charge in [-0.05, 0) is 53.8 Å². The van der Waals surface area contributed by atoms with Crippen LogP contribution in [0, 0.1) is 0 Å². The molecule has 16 heavy (non-hydrogen) atoms. The maximum absolute atomic E-state index is 3.60. The molecule has 1 atom stereocenters. The molecule has 0 spiro atoms. The molecule has 1 saturated carbocycles. The van der Waals surface area contributed by atoms with Crippen LogP contribution < -0.4 is 5.32 Å². The summed E-state index contributed by atoms with van der Waals surface area (Å²) in [5, 5.41) is 3.60. The molecule has 1 heterocycles. The molecule has 0 bridgehead atoms. The normalized spacial score (nSPS) is 31.7. The lowest BCUT2D eigenvalue weighted by atomic mass is 9.96. The lowest BCUT2D eigenvalue weighted by molar-refractivity contribution is 0.0554. The van der Waals surface area contributed by atoms with Gasteiger partial charge in [0.1, 0.15) is 0 Å². The van der Waals surface area contributed by atoms with Crippen molar-refractivity contribution in [3.8, 4) is 0 Å². The summed E-state index contributed by atoms with van der Waals surface area (Å²) in [5.41, 5.74) is 0.366. The van der Waals surface area contributed by atoms with E-state index in [1.54, 1.807) is 0 Å². The van der Waals surface area contributed by atoms with Crippen LogP contribution in [0.15, 0.2) is 0 Å². The molecule has 2 aliphatic rings. The lowest BCUT2D eigenvalue weighted by Gasteiger charge is -2.43. The second-order valence-electron chi connectivity index (χ2n) is 6.32. The van der Waals surface area contributed by atoms with Crippen LogP contribution in [0.4, 0.5) is 0 Å². The fourth-order valence-corrected chi connectivity index (χ4v) is 3.10. The monoisotopic (exact) mass is 225 g/mol. The van der Waals surface area contributed by atoms with Gasteiger partial charge >= 0.3 is 0 Å². The van der Waals surface area contributed by atoms with Crippen molar-refractivity contribution in [1.29, 1.82) is 0 Å². The Kier molecular flexibility index (Phi) is 3.57. The Morgan fingerprint density at radius 2 is 2.00 bits per heavy atom. The molecule has 2 fully saturated rings. The van der Waals surface area contributed by atoms with Crippen LogP contribution in [0.2, 0.25) is 0 Å². The Morgan fingerprint density at radius 3 is 2.56 bits per heavy atom. The summed E-state index contributed by atoms with van der Waals surface area (Å²) < 4.78 is 0. The van der Waals surface area contributed by atoms with Gasteiger partial charge in [-0.2, -0.15) is 0 Å². The van der Waals surface area contributed by atoms with Crippen molar-refractivity contribution >= 4 is 0 Å². The molecule has 0 radical (unpaired) electrons.